The first kappa shape index (κ1) is 19.1. The number of nitrogens with one attached hydrogen (secondary N) is 1. The third-order valence-corrected chi connectivity index (χ3v) is 5.89. The highest BCUT2D eigenvalue weighted by Crippen LogP contribution is 2.41. The van der Waals surface area contributed by atoms with Crippen LogP contribution in [0, 0.1) is 5.41 Å². The molecule has 1 saturated heterocycles. The number of hydrogen-bond acceptors (Lipinski definition) is 4. The molecular weight excluding hydrogens is 360 g/mol. The van der Waals surface area contributed by atoms with Gasteiger partial charge in [0.1, 0.15) is 6.04 Å². The van der Waals surface area contributed by atoms with Gasteiger partial charge in [0, 0.05) is 12.0 Å². The topological polar surface area (TPSA) is 49.4 Å². The summed E-state index contributed by atoms with van der Waals surface area (Å²) in [5.74, 6) is -0.433. The summed E-state index contributed by atoms with van der Waals surface area (Å²) in [5, 5.41) is 6.42. The van der Waals surface area contributed by atoms with Gasteiger partial charge in [0.15, 0.2) is 6.29 Å². The molecule has 0 radical (unpaired) electrons. The average molecular weight is 384 g/mol. The van der Waals surface area contributed by atoms with Crippen molar-refractivity contribution in [3.8, 4) is 0 Å². The quantitative estimate of drug-likeness (QED) is 0.280. The lowest BCUT2D eigenvalue weighted by molar-refractivity contribution is -0.132. The maximum absolute atomic E-state index is 12.7. The van der Waals surface area contributed by atoms with Gasteiger partial charge in [-0.05, 0) is 58.7 Å². The van der Waals surface area contributed by atoms with Gasteiger partial charge in [0.05, 0.1) is 5.69 Å². The van der Waals surface area contributed by atoms with Crippen LogP contribution in [-0.2, 0) is 9.59 Å². The van der Waals surface area contributed by atoms with Crippen molar-refractivity contribution < 1.29 is 9.59 Å². The van der Waals surface area contributed by atoms with E-state index in [2.05, 4.69) is 55.0 Å². The van der Waals surface area contributed by atoms with Gasteiger partial charge < -0.3 is 0 Å². The number of nitrogens with zero attached hydrogens (tertiary/aromatic N) is 1. The van der Waals surface area contributed by atoms with Crippen LogP contribution in [0.2, 0.25) is 0 Å². The zero-order valence-electron chi connectivity index (χ0n) is 16.3. The van der Waals surface area contributed by atoms with Gasteiger partial charge in [-0.2, -0.15) is 0 Å². The van der Waals surface area contributed by atoms with Crippen molar-refractivity contribution in [2.45, 2.75) is 18.9 Å². The number of hydrogen-bond donors (Lipinski definition) is 1. The Morgan fingerprint density at radius 2 is 1.62 bits per heavy atom. The SMILES string of the molecule is C=CCC1(CC=C)CNN(c2ccc3cc4ccccc4cc3c2)C1C(=O)C=O. The molecule has 1 fully saturated rings. The number of allylic oxidation sites excluding steroid dienone is 2. The van der Waals surface area contributed by atoms with Crippen LogP contribution < -0.4 is 10.4 Å². The molecule has 4 nitrogen and oxygen atoms in total. The van der Waals surface area contributed by atoms with E-state index >= 15 is 0 Å². The Balaban J connectivity index is 1.81. The maximum atomic E-state index is 12.7. The van der Waals surface area contributed by atoms with E-state index in [1.54, 1.807) is 0 Å². The third-order valence-electron chi connectivity index (χ3n) is 5.89. The summed E-state index contributed by atoms with van der Waals surface area (Å²) in [4.78, 5) is 24.2. The maximum Gasteiger partial charge on any atom is 0.219 e. The van der Waals surface area contributed by atoms with Gasteiger partial charge in [-0.3, -0.25) is 14.6 Å². The molecule has 0 aliphatic carbocycles. The summed E-state index contributed by atoms with van der Waals surface area (Å²) in [6.45, 7) is 8.29. The predicted molar refractivity (Wildman–Crippen MR) is 119 cm³/mol. The van der Waals surface area contributed by atoms with Crippen LogP contribution in [-0.4, -0.2) is 24.7 Å². The standard InChI is InChI=1S/C25H24N2O2/c1-3-11-25(12-4-2)17-26-27(24(25)23(29)16-28)22-10-9-20-13-18-7-5-6-8-19(18)14-21(20)15-22/h3-10,13-16,24,26H,1-2,11-12,17H2. The van der Waals surface area contributed by atoms with Crippen LogP contribution >= 0.6 is 0 Å². The molecule has 29 heavy (non-hydrogen) atoms. The van der Waals surface area contributed by atoms with Crippen molar-refractivity contribution in [3.05, 3.63) is 79.9 Å². The molecule has 3 aromatic rings. The second kappa shape index (κ2) is 7.64. The summed E-state index contributed by atoms with van der Waals surface area (Å²) in [6.07, 6.45) is 5.29. The lowest BCUT2D eigenvalue weighted by Gasteiger charge is -2.34. The Labute approximate surface area is 170 Å². The average Bonchev–Trinajstić information content (AvgIpc) is 3.10. The van der Waals surface area contributed by atoms with Gasteiger partial charge in [0.2, 0.25) is 5.78 Å². The largest absolute Gasteiger partial charge is 0.297 e. The monoisotopic (exact) mass is 384 g/mol. The first-order valence-electron chi connectivity index (χ1n) is 9.78. The van der Waals surface area contributed by atoms with Crippen molar-refractivity contribution in [1.82, 2.24) is 5.43 Å². The lowest BCUT2D eigenvalue weighted by atomic mass is 9.74. The summed E-state index contributed by atoms with van der Waals surface area (Å²) in [6, 6.07) is 18.1. The molecule has 1 unspecified atom stereocenters. The molecule has 4 rings (SSSR count). The number of ketones is 1. The van der Waals surface area contributed by atoms with Crippen LogP contribution in [0.1, 0.15) is 12.8 Å². The molecule has 3 aromatic carbocycles. The highest BCUT2D eigenvalue weighted by molar-refractivity contribution is 6.28. The van der Waals surface area contributed by atoms with Gasteiger partial charge in [0.25, 0.3) is 0 Å². The molecule has 0 spiro atoms. The van der Waals surface area contributed by atoms with Crippen molar-refractivity contribution in [1.29, 1.82) is 0 Å². The minimum Gasteiger partial charge on any atom is -0.297 e. The van der Waals surface area contributed by atoms with Gasteiger partial charge in [-0.15, -0.1) is 13.2 Å². The minimum atomic E-state index is -0.603. The number of benzene rings is 3. The zero-order valence-corrected chi connectivity index (χ0v) is 16.3. The first-order valence-corrected chi connectivity index (χ1v) is 9.78. The van der Waals surface area contributed by atoms with E-state index in [0.717, 1.165) is 16.5 Å². The summed E-state index contributed by atoms with van der Waals surface area (Å²) in [7, 11) is 0. The molecule has 1 heterocycles. The van der Waals surface area contributed by atoms with E-state index in [1.807, 2.05) is 35.4 Å². The Hall–Kier alpha value is -3.24. The van der Waals surface area contributed by atoms with Crippen LogP contribution in [0.5, 0.6) is 0 Å². The van der Waals surface area contributed by atoms with E-state index in [9.17, 15) is 9.59 Å². The number of Topliss-reactive ketones (excluding diaryl/α,β-unsaturated/α-hetero) is 1. The molecule has 0 bridgehead atoms. The summed E-state index contributed by atoms with van der Waals surface area (Å²) < 4.78 is 0. The normalized spacial score (nSPS) is 18.1. The fourth-order valence-electron chi connectivity index (χ4n) is 4.54. The number of anilines is 1. The second-order valence-electron chi connectivity index (χ2n) is 7.71. The van der Waals surface area contributed by atoms with Crippen molar-refractivity contribution in [3.63, 3.8) is 0 Å². The second-order valence-corrected chi connectivity index (χ2v) is 7.71. The van der Waals surface area contributed by atoms with Crippen LogP contribution in [0.3, 0.4) is 0 Å². The van der Waals surface area contributed by atoms with Gasteiger partial charge in [-0.25, -0.2) is 5.43 Å². The Morgan fingerprint density at radius 3 is 2.24 bits per heavy atom. The molecule has 0 aromatic heterocycles. The van der Waals surface area contributed by atoms with E-state index in [-0.39, 0.29) is 0 Å². The van der Waals surface area contributed by atoms with E-state index < -0.39 is 17.2 Å². The molecule has 1 aliphatic rings. The fraction of sp³-hybridized carbons (Fsp3) is 0.200. The van der Waals surface area contributed by atoms with Crippen LogP contribution in [0.15, 0.2) is 79.9 Å². The molecule has 146 valence electrons. The van der Waals surface area contributed by atoms with Crippen molar-refractivity contribution in [2.75, 3.05) is 11.6 Å². The number of rotatable bonds is 7. The fourth-order valence-corrected chi connectivity index (χ4v) is 4.54. The Bertz CT molecular complexity index is 1110. The summed E-state index contributed by atoms with van der Waals surface area (Å²) >= 11 is 0. The molecule has 0 amide bonds. The van der Waals surface area contributed by atoms with Crippen molar-refractivity contribution >= 4 is 39.3 Å². The van der Waals surface area contributed by atoms with Crippen LogP contribution in [0.25, 0.3) is 21.5 Å². The first-order chi connectivity index (χ1) is 14.1. The predicted octanol–water partition coefficient (Wildman–Crippen LogP) is 4.59. The van der Waals surface area contributed by atoms with Crippen molar-refractivity contribution in [2.24, 2.45) is 5.41 Å². The molecule has 4 heteroatoms. The van der Waals surface area contributed by atoms with Gasteiger partial charge in [-0.1, -0.05) is 42.5 Å². The molecule has 0 saturated carbocycles. The number of carbonyl (C=O) groups is 2. The Kier molecular flexibility index (Phi) is 5.03. The van der Waals surface area contributed by atoms with E-state index in [0.29, 0.717) is 25.7 Å². The third kappa shape index (κ3) is 3.26. The molecule has 1 aliphatic heterocycles. The lowest BCUT2D eigenvalue weighted by Crippen LogP contribution is -2.48. The van der Waals surface area contributed by atoms with E-state index in [1.165, 1.54) is 10.8 Å². The highest BCUT2D eigenvalue weighted by Gasteiger charge is 2.49. The minimum absolute atomic E-state index is 0.431. The van der Waals surface area contributed by atoms with E-state index in [4.69, 9.17) is 0 Å². The highest BCUT2D eigenvalue weighted by atomic mass is 16.2. The number of aldehydes is 1. The molecule has 1 N–H and O–H groups in total. The van der Waals surface area contributed by atoms with Crippen LogP contribution in [0.4, 0.5) is 5.69 Å². The Morgan fingerprint density at radius 1 is 1.00 bits per heavy atom. The zero-order chi connectivity index (χ0) is 20.4. The number of carbonyl (C=O) groups excluding carboxylic acids is 2. The summed E-state index contributed by atoms with van der Waals surface area (Å²) in [5.41, 5.74) is 3.78. The molecule has 1 atom stereocenters. The molecular formula is C25H24N2O2. The number of fused-ring (bicyclic) bond motifs is 2. The van der Waals surface area contributed by atoms with Gasteiger partial charge >= 0.3 is 0 Å². The smallest absolute Gasteiger partial charge is 0.219 e. The number of hydrazine groups is 1.